The average molecular weight is 351 g/mol. The lowest BCUT2D eigenvalue weighted by atomic mass is 10.3. The van der Waals surface area contributed by atoms with E-state index in [1.165, 1.54) is 6.20 Å². The molecule has 0 spiro atoms. The smallest absolute Gasteiger partial charge is 0.306 e. The van der Waals surface area contributed by atoms with Gasteiger partial charge in [-0.1, -0.05) is 0 Å². The Morgan fingerprint density at radius 3 is 2.79 bits per heavy atom. The molecule has 8 heteroatoms. The number of pyridine rings is 1. The predicted octanol–water partition coefficient (Wildman–Crippen LogP) is 1.85. The van der Waals surface area contributed by atoms with Gasteiger partial charge in [0.2, 0.25) is 10.0 Å². The highest BCUT2D eigenvalue weighted by Crippen LogP contribution is 2.18. The van der Waals surface area contributed by atoms with Crippen molar-refractivity contribution in [1.29, 1.82) is 0 Å². The van der Waals surface area contributed by atoms with Crippen LogP contribution in [0, 0.1) is 6.92 Å². The molecule has 1 aromatic heterocycles. The molecule has 0 aromatic carbocycles. The number of carbonyl (C=O) groups is 1. The number of carbonyl (C=O) groups excluding carboxylic acids is 1. The monoisotopic (exact) mass is 350 g/mol. The minimum Gasteiger partial charge on any atom is -0.466 e. The highest BCUT2D eigenvalue weighted by Gasteiger charge is 2.15. The summed E-state index contributed by atoms with van der Waals surface area (Å²) >= 11 is 3.28. The summed E-state index contributed by atoms with van der Waals surface area (Å²) in [4.78, 5) is 15.0. The highest BCUT2D eigenvalue weighted by atomic mass is 79.9. The summed E-state index contributed by atoms with van der Waals surface area (Å²) in [7, 11) is -3.61. The number of esters is 1. The molecule has 0 radical (unpaired) electrons. The molecule has 0 atom stereocenters. The van der Waals surface area contributed by atoms with E-state index in [1.54, 1.807) is 13.0 Å². The molecule has 106 valence electrons. The molecule has 0 aliphatic rings. The van der Waals surface area contributed by atoms with E-state index in [2.05, 4.69) is 30.4 Å². The van der Waals surface area contributed by atoms with Gasteiger partial charge in [0, 0.05) is 10.7 Å². The molecule has 6 nitrogen and oxygen atoms in total. The Labute approximate surface area is 120 Å². The maximum absolute atomic E-state index is 11.7. The Hall–Kier alpha value is -1.15. The summed E-state index contributed by atoms with van der Waals surface area (Å²) in [6.45, 7) is 3.72. The van der Waals surface area contributed by atoms with Crippen LogP contribution in [0.3, 0.4) is 0 Å². The number of aryl methyl sites for hydroxylation is 1. The minimum atomic E-state index is -3.61. The number of nitrogens with one attached hydrogen (secondary N) is 1. The first-order valence-electron chi connectivity index (χ1n) is 5.62. The summed E-state index contributed by atoms with van der Waals surface area (Å²) in [6, 6.07) is 1.60. The van der Waals surface area contributed by atoms with E-state index in [1.807, 2.05) is 6.92 Å². The minimum absolute atomic E-state index is 0.182. The Bertz CT molecular complexity index is 560. The molecule has 1 heterocycles. The van der Waals surface area contributed by atoms with Gasteiger partial charge in [0.05, 0.1) is 18.8 Å². The lowest BCUT2D eigenvalue weighted by Gasteiger charge is -2.08. The second kappa shape index (κ2) is 6.85. The van der Waals surface area contributed by atoms with E-state index >= 15 is 0 Å². The average Bonchev–Trinajstić information content (AvgIpc) is 2.32. The number of nitrogens with zero attached hydrogens (tertiary/aromatic N) is 1. The van der Waals surface area contributed by atoms with Crippen LogP contribution >= 0.6 is 15.9 Å². The molecule has 0 aliphatic heterocycles. The van der Waals surface area contributed by atoms with Gasteiger partial charge >= 0.3 is 5.97 Å². The van der Waals surface area contributed by atoms with Crippen molar-refractivity contribution in [2.75, 3.05) is 17.1 Å². The van der Waals surface area contributed by atoms with E-state index < -0.39 is 16.0 Å². The van der Waals surface area contributed by atoms with Crippen LogP contribution in [0.1, 0.15) is 18.9 Å². The molecule has 0 aliphatic carbocycles. The molecule has 0 bridgehead atoms. The Morgan fingerprint density at radius 1 is 1.53 bits per heavy atom. The summed E-state index contributed by atoms with van der Waals surface area (Å²) in [6.07, 6.45) is 1.33. The first-order valence-corrected chi connectivity index (χ1v) is 8.07. The molecular weight excluding hydrogens is 336 g/mol. The van der Waals surface area contributed by atoms with Crippen LogP contribution < -0.4 is 4.72 Å². The molecule has 0 saturated carbocycles. The van der Waals surface area contributed by atoms with E-state index in [4.69, 9.17) is 0 Å². The van der Waals surface area contributed by atoms with Crippen LogP contribution in [-0.2, 0) is 19.6 Å². The van der Waals surface area contributed by atoms with Gasteiger partial charge in [0.15, 0.2) is 0 Å². The number of aromatic nitrogens is 1. The zero-order valence-electron chi connectivity index (χ0n) is 10.6. The molecular formula is C11H15BrN2O4S. The van der Waals surface area contributed by atoms with E-state index in [-0.39, 0.29) is 24.6 Å². The Morgan fingerprint density at radius 2 is 2.21 bits per heavy atom. The van der Waals surface area contributed by atoms with Gasteiger partial charge in [-0.05, 0) is 41.4 Å². The van der Waals surface area contributed by atoms with Gasteiger partial charge in [-0.25, -0.2) is 13.4 Å². The van der Waals surface area contributed by atoms with Crippen molar-refractivity contribution in [3.8, 4) is 0 Å². The third kappa shape index (κ3) is 5.56. The zero-order valence-corrected chi connectivity index (χ0v) is 13.0. The topological polar surface area (TPSA) is 85.4 Å². The van der Waals surface area contributed by atoms with Crippen LogP contribution in [0.25, 0.3) is 0 Å². The predicted molar refractivity (Wildman–Crippen MR) is 75.3 cm³/mol. The standard InChI is InChI=1S/C11H15BrN2O4S/c1-3-18-11(15)4-5-19(16,17)14-10-6-8(2)9(12)7-13-10/h6-7H,3-5H2,1-2H3,(H,13,14). The van der Waals surface area contributed by atoms with Crippen molar-refractivity contribution in [3.63, 3.8) is 0 Å². The van der Waals surface area contributed by atoms with Gasteiger partial charge in [0.25, 0.3) is 0 Å². The first-order chi connectivity index (χ1) is 8.84. The van der Waals surface area contributed by atoms with Crippen molar-refractivity contribution in [1.82, 2.24) is 4.98 Å². The number of hydrogen-bond acceptors (Lipinski definition) is 5. The normalized spacial score (nSPS) is 11.1. The van der Waals surface area contributed by atoms with Gasteiger partial charge in [-0.2, -0.15) is 0 Å². The molecule has 1 aromatic rings. The van der Waals surface area contributed by atoms with Crippen molar-refractivity contribution < 1.29 is 17.9 Å². The molecule has 1 rings (SSSR count). The van der Waals surface area contributed by atoms with E-state index in [0.717, 1.165) is 10.0 Å². The number of hydrogen-bond donors (Lipinski definition) is 1. The van der Waals surface area contributed by atoms with Gasteiger partial charge in [0.1, 0.15) is 5.82 Å². The first kappa shape index (κ1) is 15.9. The Balaban J connectivity index is 2.64. The van der Waals surface area contributed by atoms with Gasteiger partial charge in [-0.3, -0.25) is 9.52 Å². The van der Waals surface area contributed by atoms with Crippen molar-refractivity contribution in [2.24, 2.45) is 0 Å². The van der Waals surface area contributed by atoms with Gasteiger partial charge in [-0.15, -0.1) is 0 Å². The quantitative estimate of drug-likeness (QED) is 0.791. The van der Waals surface area contributed by atoms with E-state index in [9.17, 15) is 13.2 Å². The lowest BCUT2D eigenvalue weighted by Crippen LogP contribution is -2.20. The summed E-state index contributed by atoms with van der Waals surface area (Å²) in [5, 5.41) is 0. The number of halogens is 1. The largest absolute Gasteiger partial charge is 0.466 e. The van der Waals surface area contributed by atoms with Gasteiger partial charge < -0.3 is 4.74 Å². The number of anilines is 1. The highest BCUT2D eigenvalue weighted by molar-refractivity contribution is 9.10. The summed E-state index contributed by atoms with van der Waals surface area (Å²) in [5.74, 6) is -0.639. The molecule has 0 saturated heterocycles. The third-order valence-electron chi connectivity index (χ3n) is 2.19. The molecule has 1 N–H and O–H groups in total. The van der Waals surface area contributed by atoms with Crippen LogP contribution in [0.4, 0.5) is 5.82 Å². The molecule has 0 unspecified atom stereocenters. The number of rotatable bonds is 6. The maximum Gasteiger partial charge on any atom is 0.306 e. The van der Waals surface area contributed by atoms with Crippen molar-refractivity contribution in [2.45, 2.75) is 20.3 Å². The fraction of sp³-hybridized carbons (Fsp3) is 0.455. The molecule has 0 amide bonds. The van der Waals surface area contributed by atoms with Crippen LogP contribution in [0.15, 0.2) is 16.7 Å². The third-order valence-corrected chi connectivity index (χ3v) is 4.28. The fourth-order valence-electron chi connectivity index (χ4n) is 1.26. The van der Waals surface area contributed by atoms with E-state index in [0.29, 0.717) is 0 Å². The fourth-order valence-corrected chi connectivity index (χ4v) is 2.44. The number of ether oxygens (including phenoxy) is 1. The summed E-state index contributed by atoms with van der Waals surface area (Å²) in [5.41, 5.74) is 0.859. The SMILES string of the molecule is CCOC(=O)CCS(=O)(=O)Nc1cc(C)c(Br)cn1. The lowest BCUT2D eigenvalue weighted by molar-refractivity contribution is -0.142. The summed E-state index contributed by atoms with van der Waals surface area (Å²) < 4.78 is 31.2. The van der Waals surface area contributed by atoms with Crippen LogP contribution in [0.5, 0.6) is 0 Å². The Kier molecular flexibility index (Phi) is 5.74. The maximum atomic E-state index is 11.7. The molecule has 0 fully saturated rings. The molecule has 19 heavy (non-hydrogen) atoms. The number of sulfonamides is 1. The van der Waals surface area contributed by atoms with Crippen molar-refractivity contribution >= 4 is 37.7 Å². The van der Waals surface area contributed by atoms with Crippen LogP contribution in [-0.4, -0.2) is 31.7 Å². The second-order valence-corrected chi connectivity index (χ2v) is 6.49. The zero-order chi connectivity index (χ0) is 14.5. The van der Waals surface area contributed by atoms with Crippen LogP contribution in [0.2, 0.25) is 0 Å². The second-order valence-electron chi connectivity index (χ2n) is 3.79. The van der Waals surface area contributed by atoms with Crippen molar-refractivity contribution in [3.05, 3.63) is 22.3 Å².